The molecular weight excluding hydrogens is 711 g/mol. The largest absolute Gasteiger partial charge is 0.317 e. The first kappa shape index (κ1) is 35.4. The van der Waals surface area contributed by atoms with E-state index in [1.54, 1.807) is 21.0 Å². The molecule has 14 heteroatoms. The average Bonchev–Trinajstić information content (AvgIpc) is 3.81. The summed E-state index contributed by atoms with van der Waals surface area (Å²) < 4.78 is 33.4. The number of hydrogen-bond acceptors (Lipinski definition) is 10. The molecule has 8 heterocycles. The lowest BCUT2D eigenvalue weighted by Gasteiger charge is -2.21. The second-order valence-corrected chi connectivity index (χ2v) is 14.6. The fourth-order valence-corrected chi connectivity index (χ4v) is 7.83. The van der Waals surface area contributed by atoms with Crippen LogP contribution >= 0.6 is 0 Å². The predicted octanol–water partition coefficient (Wildman–Crippen LogP) is 6.98. The molecule has 6 aromatic heterocycles. The Bertz CT molecular complexity index is 2810. The van der Waals surface area contributed by atoms with E-state index in [1.807, 2.05) is 68.8 Å². The third-order valence-electron chi connectivity index (χ3n) is 10.8. The van der Waals surface area contributed by atoms with Crippen molar-refractivity contribution in [3.63, 3.8) is 0 Å². The van der Waals surface area contributed by atoms with Gasteiger partial charge in [-0.25, -0.2) is 23.3 Å². The fourth-order valence-electron chi connectivity index (χ4n) is 7.83. The van der Waals surface area contributed by atoms with E-state index in [0.29, 0.717) is 56.2 Å². The molecule has 0 atom stereocenters. The number of rotatable bonds is 4. The number of hydrogen-bond donors (Lipinski definition) is 2. The fraction of sp³-hybridized carbons (Fsp3) is 0.286. The highest BCUT2D eigenvalue weighted by atomic mass is 19.1. The Balaban J connectivity index is 0.000000147. The van der Waals surface area contributed by atoms with Gasteiger partial charge in [0.05, 0.1) is 33.7 Å². The van der Waals surface area contributed by atoms with Gasteiger partial charge in [0, 0.05) is 46.8 Å². The monoisotopic (exact) mass is 748 g/mol. The molecule has 0 aliphatic carbocycles. The van der Waals surface area contributed by atoms with E-state index in [9.17, 15) is 9.65 Å². The molecule has 2 fully saturated rings. The van der Waals surface area contributed by atoms with Crippen LogP contribution in [0, 0.1) is 36.8 Å². The van der Waals surface area contributed by atoms with E-state index in [-0.39, 0.29) is 11.6 Å². The van der Waals surface area contributed by atoms with Gasteiger partial charge in [-0.2, -0.15) is 30.8 Å². The standard InChI is InChI=1S/C22H19FN6.C20H19FN6/c1-13-11-29-12-17(6-16(10-24)22(29)26-13)15-7-19(23)18-9-20(27-28-21(18)8-15)14-2-4-25-5-3-14;1-12-23-20-3-2-14(11-27(20)26-12)15-8-17(21)16-10-18(24-25-19(16)9-15)13-4-6-22-7-5-13/h6-9,11-12,14,25H,2-5H2,1H3;2-3,8-11,13,22H,4-7H2,1H3. The third-order valence-corrected chi connectivity index (χ3v) is 10.8. The van der Waals surface area contributed by atoms with Crippen LogP contribution in [0.5, 0.6) is 0 Å². The molecule has 2 saturated heterocycles. The molecule has 0 radical (unpaired) electrons. The highest BCUT2D eigenvalue weighted by Crippen LogP contribution is 2.32. The number of aryl methyl sites for hydroxylation is 2. The first-order valence-corrected chi connectivity index (χ1v) is 18.9. The predicted molar refractivity (Wildman–Crippen MR) is 209 cm³/mol. The first-order chi connectivity index (χ1) is 27.3. The van der Waals surface area contributed by atoms with Crippen LogP contribution < -0.4 is 10.6 Å². The van der Waals surface area contributed by atoms with Crippen molar-refractivity contribution in [2.75, 3.05) is 26.2 Å². The molecule has 10 rings (SSSR count). The summed E-state index contributed by atoms with van der Waals surface area (Å²) in [4.78, 5) is 8.70. The van der Waals surface area contributed by atoms with E-state index < -0.39 is 0 Å². The number of fused-ring (bicyclic) bond motifs is 4. The maximum Gasteiger partial charge on any atom is 0.155 e. The number of benzene rings is 2. The summed E-state index contributed by atoms with van der Waals surface area (Å²) in [6, 6.07) is 18.2. The number of aromatic nitrogens is 9. The van der Waals surface area contributed by atoms with Crippen molar-refractivity contribution < 1.29 is 8.78 Å². The van der Waals surface area contributed by atoms with Crippen LogP contribution in [0.15, 0.2) is 73.2 Å². The minimum absolute atomic E-state index is 0.276. The Morgan fingerprint density at radius 2 is 1.25 bits per heavy atom. The van der Waals surface area contributed by atoms with Gasteiger partial charge in [0.2, 0.25) is 0 Å². The number of imidazole rings is 1. The Morgan fingerprint density at radius 3 is 1.84 bits per heavy atom. The molecule has 280 valence electrons. The molecule has 12 nitrogen and oxygen atoms in total. The SMILES string of the molecule is Cc1cn2cc(-c3cc(F)c4cc(C5CCNCC5)nnc4c3)cc(C#N)c2n1.Cc1nc2ccc(-c3cc(F)c4cc(C5CCNCC5)nnc4c3)cn2n1. The highest BCUT2D eigenvalue weighted by Gasteiger charge is 2.21. The first-order valence-electron chi connectivity index (χ1n) is 18.9. The quantitative estimate of drug-likeness (QED) is 0.193. The molecule has 2 aliphatic rings. The zero-order chi connectivity index (χ0) is 38.3. The normalized spacial score (nSPS) is 15.3. The van der Waals surface area contributed by atoms with Gasteiger partial charge >= 0.3 is 0 Å². The lowest BCUT2D eigenvalue weighted by Crippen LogP contribution is -2.27. The molecule has 0 bridgehead atoms. The van der Waals surface area contributed by atoms with Crippen molar-refractivity contribution in [2.45, 2.75) is 51.4 Å². The maximum atomic E-state index is 15.0. The van der Waals surface area contributed by atoms with Gasteiger partial charge in [-0.05, 0) is 137 Å². The molecule has 2 N–H and O–H groups in total. The van der Waals surface area contributed by atoms with Gasteiger partial charge in [0.25, 0.3) is 0 Å². The Kier molecular flexibility index (Phi) is 9.32. The van der Waals surface area contributed by atoms with Crippen molar-refractivity contribution in [1.82, 2.24) is 55.0 Å². The molecule has 0 unspecified atom stereocenters. The maximum absolute atomic E-state index is 15.0. The summed E-state index contributed by atoms with van der Waals surface area (Å²) in [5.41, 5.74) is 8.45. The van der Waals surface area contributed by atoms with E-state index in [1.165, 1.54) is 6.07 Å². The molecule has 8 aromatic rings. The van der Waals surface area contributed by atoms with E-state index in [4.69, 9.17) is 0 Å². The van der Waals surface area contributed by atoms with Crippen molar-refractivity contribution >= 4 is 33.1 Å². The zero-order valence-electron chi connectivity index (χ0n) is 31.0. The molecule has 2 aliphatic heterocycles. The lowest BCUT2D eigenvalue weighted by atomic mass is 9.93. The van der Waals surface area contributed by atoms with E-state index in [0.717, 1.165) is 91.3 Å². The number of nitrogens with one attached hydrogen (secondary N) is 2. The summed E-state index contributed by atoms with van der Waals surface area (Å²) in [6.07, 6.45) is 9.55. The van der Waals surface area contributed by atoms with Gasteiger partial charge in [0.1, 0.15) is 23.5 Å². The van der Waals surface area contributed by atoms with Crippen LogP contribution in [0.2, 0.25) is 0 Å². The van der Waals surface area contributed by atoms with Gasteiger partial charge in [-0.15, -0.1) is 0 Å². The van der Waals surface area contributed by atoms with Crippen molar-refractivity contribution in [1.29, 1.82) is 5.26 Å². The highest BCUT2D eigenvalue weighted by molar-refractivity contribution is 5.86. The molecular formula is C42H38F2N12. The molecule has 0 saturated carbocycles. The summed E-state index contributed by atoms with van der Waals surface area (Å²) in [5, 5.41) is 38.9. The van der Waals surface area contributed by atoms with Gasteiger partial charge in [-0.1, -0.05) is 0 Å². The number of halogens is 2. The Labute approximate surface area is 320 Å². The van der Waals surface area contributed by atoms with Crippen LogP contribution in [-0.2, 0) is 0 Å². The van der Waals surface area contributed by atoms with Gasteiger partial charge in [-0.3, -0.25) is 0 Å². The van der Waals surface area contributed by atoms with E-state index >= 15 is 4.39 Å². The topological polar surface area (TPSA) is 147 Å². The molecule has 0 amide bonds. The molecule has 2 aromatic carbocycles. The zero-order valence-corrected chi connectivity index (χ0v) is 31.0. The Morgan fingerprint density at radius 1 is 0.661 bits per heavy atom. The second kappa shape index (κ2) is 14.7. The summed E-state index contributed by atoms with van der Waals surface area (Å²) in [5.74, 6) is 0.760. The smallest absolute Gasteiger partial charge is 0.155 e. The third kappa shape index (κ3) is 6.91. The number of nitriles is 1. The van der Waals surface area contributed by atoms with Crippen molar-refractivity contribution in [2.24, 2.45) is 0 Å². The lowest BCUT2D eigenvalue weighted by molar-refractivity contribution is 0.451. The number of nitrogens with zero attached hydrogens (tertiary/aromatic N) is 10. The summed E-state index contributed by atoms with van der Waals surface area (Å²) in [6.45, 7) is 7.55. The van der Waals surface area contributed by atoms with E-state index in [2.05, 4.69) is 52.2 Å². The number of piperidine rings is 2. The molecule has 0 spiro atoms. The Hall–Kier alpha value is -6.30. The average molecular weight is 749 g/mol. The van der Waals surface area contributed by atoms with Gasteiger partial charge in [0.15, 0.2) is 11.3 Å². The minimum atomic E-state index is -0.331. The van der Waals surface area contributed by atoms with Crippen LogP contribution in [0.4, 0.5) is 8.78 Å². The minimum Gasteiger partial charge on any atom is -0.317 e. The molecule has 56 heavy (non-hydrogen) atoms. The summed E-state index contributed by atoms with van der Waals surface area (Å²) in [7, 11) is 0. The number of pyridine rings is 2. The van der Waals surface area contributed by atoms with Gasteiger partial charge < -0.3 is 15.0 Å². The van der Waals surface area contributed by atoms with Crippen molar-refractivity contribution in [3.05, 3.63) is 113 Å². The van der Waals surface area contributed by atoms with Crippen LogP contribution in [0.25, 0.3) is 55.4 Å². The summed E-state index contributed by atoms with van der Waals surface area (Å²) >= 11 is 0. The second-order valence-electron chi connectivity index (χ2n) is 14.6. The van der Waals surface area contributed by atoms with Crippen LogP contribution in [-0.4, -0.2) is 70.6 Å². The van der Waals surface area contributed by atoms with Crippen LogP contribution in [0.1, 0.15) is 66.0 Å². The van der Waals surface area contributed by atoms with Crippen molar-refractivity contribution in [3.8, 4) is 28.3 Å². The van der Waals surface area contributed by atoms with Crippen LogP contribution in [0.3, 0.4) is 0 Å².